The number of urea groups is 1. The van der Waals surface area contributed by atoms with Crippen molar-refractivity contribution in [2.45, 2.75) is 12.8 Å². The number of rotatable bonds is 4. The molecule has 0 aliphatic carbocycles. The molecule has 0 saturated carbocycles. The number of carbonyl (C=O) groups excluding carboxylic acids is 1. The van der Waals surface area contributed by atoms with Gasteiger partial charge in [0.15, 0.2) is 0 Å². The molecular weight excluding hydrogens is 307 g/mol. The zero-order valence-electron chi connectivity index (χ0n) is 13.4. The van der Waals surface area contributed by atoms with Crippen LogP contribution in [-0.2, 0) is 0 Å². The van der Waals surface area contributed by atoms with Gasteiger partial charge in [0.25, 0.3) is 0 Å². The second-order valence-electron chi connectivity index (χ2n) is 5.98. The highest BCUT2D eigenvalue weighted by atomic mass is 19.1. The Labute approximate surface area is 140 Å². The normalized spacial score (nSPS) is 15.1. The molecule has 0 bridgehead atoms. The van der Waals surface area contributed by atoms with E-state index in [0.29, 0.717) is 18.2 Å². The van der Waals surface area contributed by atoms with E-state index in [0.717, 1.165) is 25.9 Å². The van der Waals surface area contributed by atoms with Crippen molar-refractivity contribution in [2.75, 3.05) is 29.9 Å². The highest BCUT2D eigenvalue weighted by molar-refractivity contribution is 5.89. The average Bonchev–Trinajstić information content (AvgIpc) is 2.63. The fourth-order valence-corrected chi connectivity index (χ4v) is 2.90. The number of nitrogens with one attached hydrogen (secondary N) is 2. The molecule has 1 aliphatic heterocycles. The summed E-state index contributed by atoms with van der Waals surface area (Å²) in [7, 11) is 0. The summed E-state index contributed by atoms with van der Waals surface area (Å²) in [5.41, 5.74) is 1.78. The number of hydrogen-bond acceptors (Lipinski definition) is 3. The minimum absolute atomic E-state index is 0.252. The Morgan fingerprint density at radius 3 is 2.46 bits per heavy atom. The standard InChI is InChI=1S/C18H21FN4O/c19-15-1-3-16(4-2-15)22-18(24)21-13-14-7-11-23(12-8-14)17-5-9-20-10-6-17/h1-6,9-10,14H,7-8,11-13H2,(H2,21,22,24). The topological polar surface area (TPSA) is 57.3 Å². The van der Waals surface area contributed by atoms with E-state index in [4.69, 9.17) is 0 Å². The zero-order chi connectivity index (χ0) is 16.8. The van der Waals surface area contributed by atoms with E-state index < -0.39 is 0 Å². The number of anilines is 2. The number of halogens is 1. The fourth-order valence-electron chi connectivity index (χ4n) is 2.90. The van der Waals surface area contributed by atoms with E-state index in [-0.39, 0.29) is 11.8 Å². The van der Waals surface area contributed by atoms with Gasteiger partial charge < -0.3 is 15.5 Å². The average molecular weight is 328 g/mol. The van der Waals surface area contributed by atoms with Crippen molar-refractivity contribution >= 4 is 17.4 Å². The summed E-state index contributed by atoms with van der Waals surface area (Å²) in [6, 6.07) is 9.53. The van der Waals surface area contributed by atoms with E-state index in [1.54, 1.807) is 12.1 Å². The lowest BCUT2D eigenvalue weighted by molar-refractivity contribution is 0.248. The molecule has 1 aromatic heterocycles. The summed E-state index contributed by atoms with van der Waals surface area (Å²) in [6.07, 6.45) is 5.70. The van der Waals surface area contributed by atoms with Gasteiger partial charge in [-0.1, -0.05) is 0 Å². The lowest BCUT2D eigenvalue weighted by Crippen LogP contribution is -2.39. The Morgan fingerprint density at radius 1 is 1.12 bits per heavy atom. The Hall–Kier alpha value is -2.63. The first kappa shape index (κ1) is 16.2. The van der Waals surface area contributed by atoms with Crippen LogP contribution in [0, 0.1) is 11.7 Å². The summed E-state index contributed by atoms with van der Waals surface area (Å²) in [6.45, 7) is 2.61. The van der Waals surface area contributed by atoms with Crippen LogP contribution in [0.2, 0.25) is 0 Å². The molecule has 2 amide bonds. The molecule has 2 aromatic rings. The summed E-state index contributed by atoms with van der Waals surface area (Å²) in [5, 5.41) is 5.61. The van der Waals surface area contributed by atoms with Gasteiger partial charge in [-0.05, 0) is 55.2 Å². The second-order valence-corrected chi connectivity index (χ2v) is 5.98. The van der Waals surface area contributed by atoms with Crippen LogP contribution < -0.4 is 15.5 Å². The minimum atomic E-state index is -0.318. The van der Waals surface area contributed by atoms with Crippen molar-refractivity contribution in [2.24, 2.45) is 5.92 Å². The number of carbonyl (C=O) groups is 1. The molecule has 126 valence electrons. The number of nitrogens with zero attached hydrogens (tertiary/aromatic N) is 2. The quantitative estimate of drug-likeness (QED) is 0.906. The van der Waals surface area contributed by atoms with E-state index >= 15 is 0 Å². The first-order chi connectivity index (χ1) is 11.7. The molecule has 1 saturated heterocycles. The van der Waals surface area contributed by atoms with Crippen LogP contribution in [0.25, 0.3) is 0 Å². The number of pyridine rings is 1. The summed E-state index contributed by atoms with van der Waals surface area (Å²) >= 11 is 0. The van der Waals surface area contributed by atoms with Crippen LogP contribution in [0.1, 0.15) is 12.8 Å². The van der Waals surface area contributed by atoms with Crippen LogP contribution in [-0.4, -0.2) is 30.6 Å². The van der Waals surface area contributed by atoms with Gasteiger partial charge in [0.2, 0.25) is 0 Å². The molecule has 1 fully saturated rings. The Bertz CT molecular complexity index is 654. The van der Waals surface area contributed by atoms with Gasteiger partial charge in [0.1, 0.15) is 5.82 Å². The van der Waals surface area contributed by atoms with Crippen LogP contribution in [0.5, 0.6) is 0 Å². The van der Waals surface area contributed by atoms with Gasteiger partial charge in [0, 0.05) is 43.4 Å². The maximum absolute atomic E-state index is 12.8. The van der Waals surface area contributed by atoms with Gasteiger partial charge in [-0.25, -0.2) is 9.18 Å². The Kier molecular flexibility index (Phi) is 5.25. The first-order valence-electron chi connectivity index (χ1n) is 8.16. The van der Waals surface area contributed by atoms with E-state index in [1.807, 2.05) is 24.5 Å². The predicted octanol–water partition coefficient (Wildman–Crippen LogP) is 3.26. The SMILES string of the molecule is O=C(NCC1CCN(c2ccncc2)CC1)Nc1ccc(F)cc1. The monoisotopic (exact) mass is 328 g/mol. The third kappa shape index (κ3) is 4.44. The van der Waals surface area contributed by atoms with Crippen LogP contribution in [0.15, 0.2) is 48.8 Å². The molecule has 2 N–H and O–H groups in total. The third-order valence-electron chi connectivity index (χ3n) is 4.30. The van der Waals surface area contributed by atoms with Crippen LogP contribution >= 0.6 is 0 Å². The maximum Gasteiger partial charge on any atom is 0.319 e. The molecule has 0 spiro atoms. The number of piperidine rings is 1. The molecular formula is C18H21FN4O. The van der Waals surface area contributed by atoms with Gasteiger partial charge in [-0.2, -0.15) is 0 Å². The Morgan fingerprint density at radius 2 is 1.79 bits per heavy atom. The first-order valence-corrected chi connectivity index (χ1v) is 8.16. The Balaban J connectivity index is 1.40. The lowest BCUT2D eigenvalue weighted by atomic mass is 9.96. The summed E-state index contributed by atoms with van der Waals surface area (Å²) in [4.78, 5) is 18.3. The highest BCUT2D eigenvalue weighted by Crippen LogP contribution is 2.22. The number of aromatic nitrogens is 1. The predicted molar refractivity (Wildman–Crippen MR) is 92.6 cm³/mol. The molecule has 0 radical (unpaired) electrons. The number of amides is 2. The van der Waals surface area contributed by atoms with Crippen molar-refractivity contribution in [3.63, 3.8) is 0 Å². The van der Waals surface area contributed by atoms with Crippen molar-refractivity contribution in [1.82, 2.24) is 10.3 Å². The van der Waals surface area contributed by atoms with Gasteiger partial charge in [-0.3, -0.25) is 4.98 Å². The summed E-state index contributed by atoms with van der Waals surface area (Å²) in [5.74, 6) is 0.156. The van der Waals surface area contributed by atoms with Crippen molar-refractivity contribution in [1.29, 1.82) is 0 Å². The fraction of sp³-hybridized carbons (Fsp3) is 0.333. The molecule has 2 heterocycles. The van der Waals surface area contributed by atoms with E-state index in [9.17, 15) is 9.18 Å². The molecule has 0 unspecified atom stereocenters. The second kappa shape index (κ2) is 7.77. The van der Waals surface area contributed by atoms with Gasteiger partial charge >= 0.3 is 6.03 Å². The summed E-state index contributed by atoms with van der Waals surface area (Å²) < 4.78 is 12.8. The third-order valence-corrected chi connectivity index (χ3v) is 4.30. The molecule has 1 aromatic carbocycles. The van der Waals surface area contributed by atoms with E-state index in [2.05, 4.69) is 20.5 Å². The van der Waals surface area contributed by atoms with Gasteiger partial charge in [-0.15, -0.1) is 0 Å². The van der Waals surface area contributed by atoms with Crippen LogP contribution in [0.3, 0.4) is 0 Å². The molecule has 24 heavy (non-hydrogen) atoms. The van der Waals surface area contributed by atoms with Crippen molar-refractivity contribution < 1.29 is 9.18 Å². The number of hydrogen-bond donors (Lipinski definition) is 2. The zero-order valence-corrected chi connectivity index (χ0v) is 13.4. The molecule has 0 atom stereocenters. The minimum Gasteiger partial charge on any atom is -0.371 e. The molecule has 3 rings (SSSR count). The smallest absolute Gasteiger partial charge is 0.319 e. The molecule has 1 aliphatic rings. The van der Waals surface area contributed by atoms with Crippen molar-refractivity contribution in [3.05, 3.63) is 54.6 Å². The molecule has 6 heteroatoms. The van der Waals surface area contributed by atoms with Crippen molar-refractivity contribution in [3.8, 4) is 0 Å². The largest absolute Gasteiger partial charge is 0.371 e. The lowest BCUT2D eigenvalue weighted by Gasteiger charge is -2.33. The maximum atomic E-state index is 12.8. The highest BCUT2D eigenvalue weighted by Gasteiger charge is 2.19. The molecule has 5 nitrogen and oxygen atoms in total. The number of benzene rings is 1. The van der Waals surface area contributed by atoms with Crippen LogP contribution in [0.4, 0.5) is 20.6 Å². The van der Waals surface area contributed by atoms with Gasteiger partial charge in [0.05, 0.1) is 0 Å². The van der Waals surface area contributed by atoms with E-state index in [1.165, 1.54) is 17.8 Å².